The molecule has 0 spiro atoms. The van der Waals surface area contributed by atoms with Crippen LogP contribution in [0.2, 0.25) is 0 Å². The maximum Gasteiger partial charge on any atom is 0.244 e. The summed E-state index contributed by atoms with van der Waals surface area (Å²) in [6.45, 7) is 8.30. The standard InChI is InChI=1S/C27H36N4O2/c1-18-14-19(2)29(28-18)17-26(33)31-23-16-27(4)24(12-8-9-13-25(27)31)30(20(3)32)22(23)15-21-10-6-5-7-11-21/h5-7,10-11,14,22-25H,8-9,12-13,15-17H2,1-4H3/t22-,23-,24+,25-,27+/m0/s1. The number of piperidine rings is 1. The molecule has 2 aliphatic heterocycles. The summed E-state index contributed by atoms with van der Waals surface area (Å²) in [5.74, 6) is 0.286. The minimum Gasteiger partial charge on any atom is -0.334 e. The number of hydrogen-bond donors (Lipinski definition) is 0. The molecule has 5 rings (SSSR count). The molecule has 3 fully saturated rings. The Labute approximate surface area is 196 Å². The number of aromatic nitrogens is 2. The predicted octanol–water partition coefficient (Wildman–Crippen LogP) is 3.89. The van der Waals surface area contributed by atoms with Gasteiger partial charge in [0.25, 0.3) is 0 Å². The lowest BCUT2D eigenvalue weighted by Gasteiger charge is -2.50. The van der Waals surface area contributed by atoms with Crippen LogP contribution < -0.4 is 0 Å². The molecule has 6 nitrogen and oxygen atoms in total. The van der Waals surface area contributed by atoms with Gasteiger partial charge in [0.15, 0.2) is 0 Å². The molecule has 0 radical (unpaired) electrons. The molecule has 33 heavy (non-hydrogen) atoms. The summed E-state index contributed by atoms with van der Waals surface area (Å²) in [5, 5.41) is 4.56. The Morgan fingerprint density at radius 1 is 1.06 bits per heavy atom. The van der Waals surface area contributed by atoms with E-state index >= 15 is 0 Å². The Bertz CT molecular complexity index is 1050. The van der Waals surface area contributed by atoms with E-state index in [1.807, 2.05) is 30.7 Å². The third-order valence-corrected chi connectivity index (χ3v) is 8.53. The monoisotopic (exact) mass is 448 g/mol. The van der Waals surface area contributed by atoms with Crippen molar-refractivity contribution in [3.05, 3.63) is 53.3 Å². The summed E-state index contributed by atoms with van der Waals surface area (Å²) in [4.78, 5) is 31.4. The van der Waals surface area contributed by atoms with Gasteiger partial charge in [-0.2, -0.15) is 5.10 Å². The van der Waals surface area contributed by atoms with Gasteiger partial charge >= 0.3 is 0 Å². The largest absolute Gasteiger partial charge is 0.334 e. The number of nitrogens with zero attached hydrogens (tertiary/aromatic N) is 4. The molecule has 1 aromatic heterocycles. The van der Waals surface area contributed by atoms with Crippen LogP contribution in [0.15, 0.2) is 36.4 Å². The second-order valence-corrected chi connectivity index (χ2v) is 10.7. The molecule has 2 saturated heterocycles. The Morgan fingerprint density at radius 2 is 1.73 bits per heavy atom. The molecule has 3 heterocycles. The molecule has 1 aliphatic carbocycles. The van der Waals surface area contributed by atoms with E-state index in [1.165, 1.54) is 5.56 Å². The molecule has 176 valence electrons. The lowest BCUT2D eigenvalue weighted by atomic mass is 9.69. The van der Waals surface area contributed by atoms with E-state index < -0.39 is 0 Å². The molecule has 0 N–H and O–H groups in total. The number of rotatable bonds is 4. The van der Waals surface area contributed by atoms with Crippen LogP contribution in [0.5, 0.6) is 0 Å². The first-order valence-electron chi connectivity index (χ1n) is 12.4. The number of carbonyl (C=O) groups excluding carboxylic acids is 2. The third kappa shape index (κ3) is 3.68. The van der Waals surface area contributed by atoms with E-state index in [1.54, 1.807) is 6.92 Å². The number of aryl methyl sites for hydroxylation is 2. The highest BCUT2D eigenvalue weighted by Crippen LogP contribution is 2.55. The second kappa shape index (κ2) is 8.30. The predicted molar refractivity (Wildman–Crippen MR) is 128 cm³/mol. The van der Waals surface area contributed by atoms with E-state index in [-0.39, 0.29) is 47.9 Å². The number of hydrogen-bond acceptors (Lipinski definition) is 3. The molecule has 1 saturated carbocycles. The quantitative estimate of drug-likeness (QED) is 0.713. The van der Waals surface area contributed by atoms with Crippen molar-refractivity contribution < 1.29 is 9.59 Å². The van der Waals surface area contributed by atoms with Gasteiger partial charge < -0.3 is 9.80 Å². The van der Waals surface area contributed by atoms with Crippen molar-refractivity contribution >= 4 is 11.8 Å². The van der Waals surface area contributed by atoms with Gasteiger partial charge in [-0.05, 0) is 51.2 Å². The van der Waals surface area contributed by atoms with Crippen molar-refractivity contribution in [3.8, 4) is 0 Å². The lowest BCUT2D eigenvalue weighted by Crippen LogP contribution is -2.61. The van der Waals surface area contributed by atoms with Crippen LogP contribution >= 0.6 is 0 Å². The summed E-state index contributed by atoms with van der Waals surface area (Å²) < 4.78 is 1.84. The average molecular weight is 449 g/mol. The highest BCUT2D eigenvalue weighted by molar-refractivity contribution is 5.79. The van der Waals surface area contributed by atoms with E-state index in [2.05, 4.69) is 46.1 Å². The molecule has 5 atom stereocenters. The summed E-state index contributed by atoms with van der Waals surface area (Å²) in [6.07, 6.45) is 6.05. The number of amides is 2. The van der Waals surface area contributed by atoms with Crippen molar-refractivity contribution in [2.75, 3.05) is 0 Å². The van der Waals surface area contributed by atoms with Gasteiger partial charge in [0.1, 0.15) is 6.54 Å². The molecule has 2 bridgehead atoms. The summed E-state index contributed by atoms with van der Waals surface area (Å²) >= 11 is 0. The molecule has 2 amide bonds. The van der Waals surface area contributed by atoms with Gasteiger partial charge in [0, 0.05) is 30.1 Å². The zero-order valence-corrected chi connectivity index (χ0v) is 20.3. The summed E-state index contributed by atoms with van der Waals surface area (Å²) in [7, 11) is 0. The molecule has 2 aromatic rings. The first kappa shape index (κ1) is 22.2. The minimum absolute atomic E-state index is 0.00970. The fraction of sp³-hybridized carbons (Fsp3) is 0.593. The second-order valence-electron chi connectivity index (χ2n) is 10.7. The summed E-state index contributed by atoms with van der Waals surface area (Å²) in [5.41, 5.74) is 3.12. The Balaban J connectivity index is 1.55. The zero-order valence-electron chi connectivity index (χ0n) is 20.3. The fourth-order valence-electron chi connectivity index (χ4n) is 7.21. The fourth-order valence-corrected chi connectivity index (χ4v) is 7.21. The van der Waals surface area contributed by atoms with Gasteiger partial charge in [-0.1, -0.05) is 50.1 Å². The van der Waals surface area contributed by atoms with E-state index in [0.717, 1.165) is 49.9 Å². The molecular weight excluding hydrogens is 412 g/mol. The van der Waals surface area contributed by atoms with Gasteiger partial charge in [-0.15, -0.1) is 0 Å². The van der Waals surface area contributed by atoms with Crippen molar-refractivity contribution in [1.82, 2.24) is 19.6 Å². The van der Waals surface area contributed by atoms with Crippen molar-refractivity contribution in [3.63, 3.8) is 0 Å². The number of carbonyl (C=O) groups is 2. The average Bonchev–Trinajstić information content (AvgIpc) is 3.16. The van der Waals surface area contributed by atoms with Crippen LogP contribution in [-0.2, 0) is 22.6 Å². The van der Waals surface area contributed by atoms with Crippen LogP contribution in [0.3, 0.4) is 0 Å². The van der Waals surface area contributed by atoms with E-state index in [9.17, 15) is 9.59 Å². The molecular formula is C27H36N4O2. The highest BCUT2D eigenvalue weighted by atomic mass is 16.2. The maximum absolute atomic E-state index is 13.9. The van der Waals surface area contributed by atoms with E-state index in [4.69, 9.17) is 0 Å². The Morgan fingerprint density at radius 3 is 2.33 bits per heavy atom. The van der Waals surface area contributed by atoms with Gasteiger partial charge in [0.2, 0.25) is 11.8 Å². The van der Waals surface area contributed by atoms with Gasteiger partial charge in [-0.3, -0.25) is 14.3 Å². The van der Waals surface area contributed by atoms with Crippen molar-refractivity contribution in [1.29, 1.82) is 0 Å². The molecule has 3 aliphatic rings. The molecule has 6 heteroatoms. The Kier molecular flexibility index (Phi) is 5.58. The normalized spacial score (nSPS) is 30.9. The van der Waals surface area contributed by atoms with Gasteiger partial charge in [-0.25, -0.2) is 0 Å². The molecule has 1 aromatic carbocycles. The smallest absolute Gasteiger partial charge is 0.244 e. The maximum atomic E-state index is 13.9. The van der Waals surface area contributed by atoms with Gasteiger partial charge in [0.05, 0.1) is 17.8 Å². The number of benzene rings is 1. The highest BCUT2D eigenvalue weighted by Gasteiger charge is 2.63. The summed E-state index contributed by atoms with van der Waals surface area (Å²) in [6, 6.07) is 12.9. The third-order valence-electron chi connectivity index (χ3n) is 8.53. The molecule has 0 unspecified atom stereocenters. The SMILES string of the molecule is CC(=O)N1[C@@H](Cc2ccccc2)[C@@H]2C[C@@]3(C)[C@H](CCCC[C@@H]13)N2C(=O)Cn1nc(C)cc1C. The van der Waals surface area contributed by atoms with E-state index in [0.29, 0.717) is 0 Å². The van der Waals surface area contributed by atoms with Crippen LogP contribution in [0.4, 0.5) is 0 Å². The number of likely N-dealkylation sites (tertiary alicyclic amines) is 2. The van der Waals surface area contributed by atoms with Crippen LogP contribution in [0.25, 0.3) is 0 Å². The number of fused-ring (bicyclic) bond motifs is 1. The Hall–Kier alpha value is -2.63. The first-order chi connectivity index (χ1) is 15.8. The topological polar surface area (TPSA) is 58.4 Å². The van der Waals surface area contributed by atoms with Crippen LogP contribution in [0, 0.1) is 19.3 Å². The first-order valence-corrected chi connectivity index (χ1v) is 12.4. The van der Waals surface area contributed by atoms with Crippen LogP contribution in [-0.4, -0.2) is 55.6 Å². The van der Waals surface area contributed by atoms with Crippen molar-refractivity contribution in [2.24, 2.45) is 5.41 Å². The zero-order chi connectivity index (χ0) is 23.3. The lowest BCUT2D eigenvalue weighted by molar-refractivity contribution is -0.143. The van der Waals surface area contributed by atoms with Crippen molar-refractivity contribution in [2.45, 2.75) is 96.9 Å². The minimum atomic E-state index is -0.0508. The van der Waals surface area contributed by atoms with Crippen LogP contribution in [0.1, 0.15) is 62.9 Å².